The number of rotatable bonds is 3. The third-order valence-corrected chi connectivity index (χ3v) is 5.39. The van der Waals surface area contributed by atoms with Gasteiger partial charge in [-0.1, -0.05) is 29.8 Å². The lowest BCUT2D eigenvalue weighted by atomic mass is 9.95. The van der Waals surface area contributed by atoms with Crippen LogP contribution >= 0.6 is 11.6 Å². The van der Waals surface area contributed by atoms with Crippen molar-refractivity contribution in [3.8, 4) is 0 Å². The van der Waals surface area contributed by atoms with Gasteiger partial charge < -0.3 is 10.2 Å². The van der Waals surface area contributed by atoms with E-state index in [4.69, 9.17) is 11.6 Å². The molecule has 2 heterocycles. The molecule has 1 saturated heterocycles. The molecule has 0 radical (unpaired) electrons. The van der Waals surface area contributed by atoms with Crippen LogP contribution in [0.2, 0.25) is 5.02 Å². The summed E-state index contributed by atoms with van der Waals surface area (Å²) >= 11 is 5.89. The Morgan fingerprint density at radius 2 is 1.71 bits per heavy atom. The first-order valence-electron chi connectivity index (χ1n) is 9.31. The Balaban J connectivity index is 1.38. The summed E-state index contributed by atoms with van der Waals surface area (Å²) in [6, 6.07) is 16.5. The van der Waals surface area contributed by atoms with E-state index < -0.39 is 0 Å². The maximum Gasteiger partial charge on any atom is 0.253 e. The summed E-state index contributed by atoms with van der Waals surface area (Å²) in [5.74, 6) is -0.154. The number of anilines is 1. The number of aromatic nitrogens is 1. The van der Waals surface area contributed by atoms with Crippen LogP contribution in [-0.4, -0.2) is 34.8 Å². The molecule has 5 nitrogen and oxygen atoms in total. The molecule has 1 aromatic heterocycles. The van der Waals surface area contributed by atoms with E-state index in [0.717, 1.165) is 16.6 Å². The van der Waals surface area contributed by atoms with Gasteiger partial charge in [-0.15, -0.1) is 0 Å². The largest absolute Gasteiger partial charge is 0.339 e. The minimum atomic E-state index is -0.117. The molecule has 142 valence electrons. The molecule has 0 spiro atoms. The number of hydrogen-bond acceptors (Lipinski definition) is 3. The van der Waals surface area contributed by atoms with Gasteiger partial charge in [0.15, 0.2) is 0 Å². The fourth-order valence-corrected chi connectivity index (χ4v) is 3.69. The summed E-state index contributed by atoms with van der Waals surface area (Å²) in [6.07, 6.45) is 3.01. The summed E-state index contributed by atoms with van der Waals surface area (Å²) in [5.41, 5.74) is 2.13. The molecular weight excluding hydrogens is 374 g/mol. The highest BCUT2D eigenvalue weighted by molar-refractivity contribution is 6.30. The number of carbonyl (C=O) groups is 2. The molecule has 0 atom stereocenters. The molecule has 1 N–H and O–H groups in total. The number of nitrogens with zero attached hydrogens (tertiary/aromatic N) is 2. The Hall–Kier alpha value is -2.92. The second-order valence-electron chi connectivity index (χ2n) is 6.94. The minimum absolute atomic E-state index is 0.0169. The standard InChI is InChI=1S/C22H20ClN3O2/c23-18-8-6-17(7-9-18)22(28)26-13-10-16(11-14-26)21(27)25-19-5-1-3-15-4-2-12-24-20(15)19/h1-9,12,16H,10-11,13-14H2,(H,25,27). The number of amides is 2. The molecule has 2 amide bonds. The van der Waals surface area contributed by atoms with Crippen LogP contribution in [0.5, 0.6) is 0 Å². The van der Waals surface area contributed by atoms with Crippen LogP contribution in [0, 0.1) is 5.92 Å². The average Bonchev–Trinajstić information content (AvgIpc) is 2.74. The van der Waals surface area contributed by atoms with Crippen LogP contribution in [-0.2, 0) is 4.79 Å². The first kappa shape index (κ1) is 18.4. The summed E-state index contributed by atoms with van der Waals surface area (Å²) in [6.45, 7) is 1.13. The van der Waals surface area contributed by atoms with E-state index >= 15 is 0 Å². The van der Waals surface area contributed by atoms with Gasteiger partial charge in [-0.2, -0.15) is 0 Å². The van der Waals surface area contributed by atoms with Gasteiger partial charge in [-0.05, 0) is 49.2 Å². The highest BCUT2D eigenvalue weighted by Crippen LogP contribution is 2.24. The second kappa shape index (κ2) is 7.98. The molecule has 1 aliphatic rings. The molecule has 1 fully saturated rings. The molecule has 28 heavy (non-hydrogen) atoms. The Morgan fingerprint density at radius 3 is 2.46 bits per heavy atom. The number of nitrogens with one attached hydrogen (secondary N) is 1. The molecule has 0 aliphatic carbocycles. The van der Waals surface area contributed by atoms with Crippen LogP contribution in [0.15, 0.2) is 60.8 Å². The zero-order chi connectivity index (χ0) is 19.5. The van der Waals surface area contributed by atoms with Crippen LogP contribution in [0.3, 0.4) is 0 Å². The van der Waals surface area contributed by atoms with E-state index in [2.05, 4.69) is 10.3 Å². The number of hydrogen-bond donors (Lipinski definition) is 1. The monoisotopic (exact) mass is 393 g/mol. The summed E-state index contributed by atoms with van der Waals surface area (Å²) in [4.78, 5) is 31.5. The van der Waals surface area contributed by atoms with Crippen LogP contribution in [0.25, 0.3) is 10.9 Å². The molecule has 2 aromatic carbocycles. The predicted octanol–water partition coefficient (Wildman–Crippen LogP) is 4.38. The SMILES string of the molecule is O=C(Nc1cccc2cccnc12)C1CCN(C(=O)c2ccc(Cl)cc2)CC1. The number of carbonyl (C=O) groups excluding carboxylic acids is 2. The number of fused-ring (bicyclic) bond motifs is 1. The number of para-hydroxylation sites is 1. The highest BCUT2D eigenvalue weighted by atomic mass is 35.5. The van der Waals surface area contributed by atoms with Crippen molar-refractivity contribution in [2.75, 3.05) is 18.4 Å². The van der Waals surface area contributed by atoms with Gasteiger partial charge in [0.05, 0.1) is 11.2 Å². The first-order chi connectivity index (χ1) is 13.6. The highest BCUT2D eigenvalue weighted by Gasteiger charge is 2.28. The van der Waals surface area contributed by atoms with Crippen LogP contribution in [0.1, 0.15) is 23.2 Å². The van der Waals surface area contributed by atoms with E-state index in [0.29, 0.717) is 36.5 Å². The van der Waals surface area contributed by atoms with Crippen molar-refractivity contribution in [2.45, 2.75) is 12.8 Å². The first-order valence-corrected chi connectivity index (χ1v) is 9.69. The maximum atomic E-state index is 12.7. The van der Waals surface area contributed by atoms with E-state index in [1.165, 1.54) is 0 Å². The fourth-order valence-electron chi connectivity index (χ4n) is 3.56. The third kappa shape index (κ3) is 3.85. The predicted molar refractivity (Wildman–Crippen MR) is 110 cm³/mol. The minimum Gasteiger partial charge on any atom is -0.339 e. The second-order valence-corrected chi connectivity index (χ2v) is 7.38. The van der Waals surface area contributed by atoms with E-state index in [-0.39, 0.29) is 17.7 Å². The van der Waals surface area contributed by atoms with E-state index in [9.17, 15) is 9.59 Å². The Bertz CT molecular complexity index is 1010. The molecule has 0 unspecified atom stereocenters. The molecule has 0 bridgehead atoms. The Labute approximate surface area is 168 Å². The Kier molecular flexibility index (Phi) is 5.26. The lowest BCUT2D eigenvalue weighted by Gasteiger charge is -2.31. The zero-order valence-corrected chi connectivity index (χ0v) is 16.0. The summed E-state index contributed by atoms with van der Waals surface area (Å²) in [5, 5.41) is 4.61. The number of likely N-dealkylation sites (tertiary alicyclic amines) is 1. The Morgan fingerprint density at radius 1 is 1.00 bits per heavy atom. The van der Waals surface area contributed by atoms with E-state index in [1.54, 1.807) is 35.4 Å². The molecule has 6 heteroatoms. The smallest absolute Gasteiger partial charge is 0.253 e. The lowest BCUT2D eigenvalue weighted by molar-refractivity contribution is -0.121. The van der Waals surface area contributed by atoms with Crippen LogP contribution < -0.4 is 5.32 Å². The maximum absolute atomic E-state index is 12.7. The van der Waals surface area contributed by atoms with E-state index in [1.807, 2.05) is 30.3 Å². The average molecular weight is 394 g/mol. The van der Waals surface area contributed by atoms with Gasteiger partial charge >= 0.3 is 0 Å². The van der Waals surface area contributed by atoms with Crippen molar-refractivity contribution >= 4 is 40.0 Å². The van der Waals surface area contributed by atoms with Gasteiger partial charge in [-0.3, -0.25) is 14.6 Å². The number of piperidine rings is 1. The van der Waals surface area contributed by atoms with Crippen LogP contribution in [0.4, 0.5) is 5.69 Å². The van der Waals surface area contributed by atoms with Crippen molar-refractivity contribution in [2.24, 2.45) is 5.92 Å². The van der Waals surface area contributed by atoms with Gasteiger partial charge in [0.1, 0.15) is 0 Å². The molecule has 4 rings (SSSR count). The zero-order valence-electron chi connectivity index (χ0n) is 15.3. The molecular formula is C22H20ClN3O2. The third-order valence-electron chi connectivity index (χ3n) is 5.13. The van der Waals surface area contributed by atoms with Gasteiger partial charge in [0.25, 0.3) is 5.91 Å². The molecule has 0 saturated carbocycles. The topological polar surface area (TPSA) is 62.3 Å². The van der Waals surface area contributed by atoms with Gasteiger partial charge in [-0.25, -0.2) is 0 Å². The van der Waals surface area contributed by atoms with Crippen molar-refractivity contribution in [3.05, 3.63) is 71.4 Å². The summed E-state index contributed by atoms with van der Waals surface area (Å²) < 4.78 is 0. The normalized spacial score (nSPS) is 14.8. The van der Waals surface area contributed by atoms with Gasteiger partial charge in [0.2, 0.25) is 5.91 Å². The quantitative estimate of drug-likeness (QED) is 0.718. The van der Waals surface area contributed by atoms with Crippen molar-refractivity contribution in [3.63, 3.8) is 0 Å². The van der Waals surface area contributed by atoms with Gasteiger partial charge in [0, 0.05) is 41.2 Å². The molecule has 3 aromatic rings. The van der Waals surface area contributed by atoms with Crippen molar-refractivity contribution in [1.29, 1.82) is 0 Å². The lowest BCUT2D eigenvalue weighted by Crippen LogP contribution is -2.41. The number of pyridine rings is 1. The molecule has 1 aliphatic heterocycles. The van der Waals surface area contributed by atoms with Crippen molar-refractivity contribution in [1.82, 2.24) is 9.88 Å². The van der Waals surface area contributed by atoms with Crippen molar-refractivity contribution < 1.29 is 9.59 Å². The number of halogens is 1. The fraction of sp³-hybridized carbons (Fsp3) is 0.227. The summed E-state index contributed by atoms with van der Waals surface area (Å²) in [7, 11) is 0. The number of benzene rings is 2.